The number of β-amino-alcohol motifs (C(OH)–C–C–N with tert-alkyl or cyclic N) is 1. The minimum absolute atomic E-state index is 0.0195. The molecule has 190 valence electrons. The first-order valence-corrected chi connectivity index (χ1v) is 12.6. The second-order valence-corrected chi connectivity index (χ2v) is 10.4. The Labute approximate surface area is 221 Å². The Balaban J connectivity index is 1.42. The number of benzene rings is 3. The Kier molecular flexibility index (Phi) is 8.21. The van der Waals surface area contributed by atoms with Gasteiger partial charge in [0, 0.05) is 10.2 Å². The van der Waals surface area contributed by atoms with Crippen LogP contribution >= 0.6 is 22.6 Å². The SMILES string of the molecule is O=C(c1ccc(F)c(F)c1Nc1ccc(I)cc1F)N1CC(O)(CCC(CO)Cc2ccccc2)C1. The Morgan fingerprint density at radius 1 is 1.06 bits per heavy atom. The van der Waals surface area contributed by atoms with Gasteiger partial charge in [0.25, 0.3) is 5.91 Å². The van der Waals surface area contributed by atoms with Gasteiger partial charge in [-0.3, -0.25) is 4.79 Å². The predicted octanol–water partition coefficient (Wildman–Crippen LogP) is 5.27. The lowest BCUT2D eigenvalue weighted by Gasteiger charge is -2.47. The van der Waals surface area contributed by atoms with E-state index in [2.05, 4.69) is 5.32 Å². The minimum Gasteiger partial charge on any atom is -0.396 e. The van der Waals surface area contributed by atoms with Crippen LogP contribution in [0, 0.1) is 26.9 Å². The van der Waals surface area contributed by atoms with E-state index in [0.29, 0.717) is 22.8 Å². The van der Waals surface area contributed by atoms with E-state index in [0.717, 1.165) is 17.7 Å². The fourth-order valence-electron chi connectivity index (χ4n) is 4.39. The zero-order chi connectivity index (χ0) is 25.9. The smallest absolute Gasteiger partial charge is 0.256 e. The lowest BCUT2D eigenvalue weighted by molar-refractivity contribution is -0.0894. The third kappa shape index (κ3) is 6.01. The van der Waals surface area contributed by atoms with E-state index in [9.17, 15) is 28.2 Å². The van der Waals surface area contributed by atoms with E-state index in [1.165, 1.54) is 17.0 Å². The van der Waals surface area contributed by atoms with Gasteiger partial charge in [-0.2, -0.15) is 0 Å². The highest BCUT2D eigenvalue weighted by atomic mass is 127. The van der Waals surface area contributed by atoms with Crippen LogP contribution in [0.5, 0.6) is 0 Å². The number of aliphatic hydroxyl groups is 2. The second-order valence-electron chi connectivity index (χ2n) is 9.20. The molecule has 3 N–H and O–H groups in total. The van der Waals surface area contributed by atoms with Crippen LogP contribution in [0.15, 0.2) is 60.7 Å². The fraction of sp³-hybridized carbons (Fsp3) is 0.296. The normalized spacial score (nSPS) is 15.3. The molecule has 0 spiro atoms. The number of amides is 1. The molecule has 1 heterocycles. The van der Waals surface area contributed by atoms with Crippen LogP contribution in [-0.2, 0) is 6.42 Å². The number of hydrogen-bond acceptors (Lipinski definition) is 4. The minimum atomic E-state index is -1.29. The van der Waals surface area contributed by atoms with Crippen molar-refractivity contribution < 1.29 is 28.2 Å². The number of carbonyl (C=O) groups is 1. The van der Waals surface area contributed by atoms with Crippen molar-refractivity contribution in [3.05, 3.63) is 92.8 Å². The van der Waals surface area contributed by atoms with Crippen molar-refractivity contribution in [3.8, 4) is 0 Å². The van der Waals surface area contributed by atoms with Crippen molar-refractivity contribution in [2.45, 2.75) is 24.9 Å². The van der Waals surface area contributed by atoms with Gasteiger partial charge >= 0.3 is 0 Å². The molecule has 5 nitrogen and oxygen atoms in total. The number of anilines is 2. The maximum Gasteiger partial charge on any atom is 0.256 e. The van der Waals surface area contributed by atoms with E-state index >= 15 is 0 Å². The van der Waals surface area contributed by atoms with Crippen LogP contribution in [0.2, 0.25) is 0 Å². The summed E-state index contributed by atoms with van der Waals surface area (Å²) in [5.41, 5.74) is -0.752. The molecular weight excluding hydrogens is 584 g/mol. The summed E-state index contributed by atoms with van der Waals surface area (Å²) in [7, 11) is 0. The van der Waals surface area contributed by atoms with Crippen LogP contribution in [0.25, 0.3) is 0 Å². The number of nitrogens with zero attached hydrogens (tertiary/aromatic N) is 1. The van der Waals surface area contributed by atoms with Crippen molar-refractivity contribution in [2.24, 2.45) is 5.92 Å². The number of aliphatic hydroxyl groups excluding tert-OH is 1. The van der Waals surface area contributed by atoms with Gasteiger partial charge in [0.2, 0.25) is 0 Å². The summed E-state index contributed by atoms with van der Waals surface area (Å²) in [6.07, 6.45) is 1.62. The molecule has 0 aromatic heterocycles. The van der Waals surface area contributed by atoms with Crippen LogP contribution < -0.4 is 5.32 Å². The van der Waals surface area contributed by atoms with Gasteiger partial charge in [-0.05, 0) is 83.7 Å². The fourth-order valence-corrected chi connectivity index (χ4v) is 4.84. The highest BCUT2D eigenvalue weighted by Gasteiger charge is 2.44. The lowest BCUT2D eigenvalue weighted by Crippen LogP contribution is -2.63. The lowest BCUT2D eigenvalue weighted by atomic mass is 9.84. The van der Waals surface area contributed by atoms with Crippen LogP contribution in [-0.4, -0.2) is 46.3 Å². The van der Waals surface area contributed by atoms with E-state index < -0.39 is 34.6 Å². The Morgan fingerprint density at radius 3 is 2.44 bits per heavy atom. The number of rotatable bonds is 9. The molecule has 1 amide bonds. The molecule has 0 saturated carbocycles. The topological polar surface area (TPSA) is 72.8 Å². The van der Waals surface area contributed by atoms with Crippen LogP contribution in [0.1, 0.15) is 28.8 Å². The third-order valence-corrected chi connectivity index (χ3v) is 7.09. The average molecular weight is 610 g/mol. The number of likely N-dealkylation sites (tertiary alicyclic amines) is 1. The molecule has 1 fully saturated rings. The highest BCUT2D eigenvalue weighted by Crippen LogP contribution is 2.34. The van der Waals surface area contributed by atoms with Crippen LogP contribution in [0.4, 0.5) is 24.5 Å². The molecular formula is C27H26F3IN2O3. The van der Waals surface area contributed by atoms with Crippen molar-refractivity contribution >= 4 is 39.9 Å². The van der Waals surface area contributed by atoms with E-state index in [1.807, 2.05) is 52.9 Å². The predicted molar refractivity (Wildman–Crippen MR) is 140 cm³/mol. The number of hydrogen-bond donors (Lipinski definition) is 3. The number of halogens is 4. The average Bonchev–Trinajstić information content (AvgIpc) is 2.84. The second kappa shape index (κ2) is 11.2. The number of nitrogens with one attached hydrogen (secondary N) is 1. The summed E-state index contributed by atoms with van der Waals surface area (Å²) in [4.78, 5) is 14.5. The largest absolute Gasteiger partial charge is 0.396 e. The first kappa shape index (κ1) is 26.4. The molecule has 0 bridgehead atoms. The maximum atomic E-state index is 14.7. The van der Waals surface area contributed by atoms with E-state index in [1.54, 1.807) is 6.07 Å². The van der Waals surface area contributed by atoms with Gasteiger partial charge in [0.15, 0.2) is 11.6 Å². The molecule has 3 aromatic carbocycles. The van der Waals surface area contributed by atoms with Crippen molar-refractivity contribution in [3.63, 3.8) is 0 Å². The summed E-state index contributed by atoms with van der Waals surface area (Å²) < 4.78 is 43.6. The Morgan fingerprint density at radius 2 is 1.78 bits per heavy atom. The molecule has 36 heavy (non-hydrogen) atoms. The summed E-state index contributed by atoms with van der Waals surface area (Å²) in [5, 5.41) is 23.2. The van der Waals surface area contributed by atoms with Gasteiger partial charge in [-0.15, -0.1) is 0 Å². The van der Waals surface area contributed by atoms with Crippen LogP contribution in [0.3, 0.4) is 0 Å². The van der Waals surface area contributed by atoms with Crippen molar-refractivity contribution in [1.82, 2.24) is 4.90 Å². The van der Waals surface area contributed by atoms with E-state index in [-0.39, 0.29) is 36.9 Å². The van der Waals surface area contributed by atoms with Gasteiger partial charge in [0.1, 0.15) is 5.82 Å². The number of carbonyl (C=O) groups excluding carboxylic acids is 1. The molecule has 1 saturated heterocycles. The summed E-state index contributed by atoms with van der Waals surface area (Å²) in [6, 6.07) is 15.9. The molecule has 1 atom stereocenters. The van der Waals surface area contributed by atoms with Crippen molar-refractivity contribution in [1.29, 1.82) is 0 Å². The zero-order valence-corrected chi connectivity index (χ0v) is 21.5. The van der Waals surface area contributed by atoms with Crippen molar-refractivity contribution in [2.75, 3.05) is 25.0 Å². The first-order valence-electron chi connectivity index (χ1n) is 11.6. The van der Waals surface area contributed by atoms with E-state index in [4.69, 9.17) is 0 Å². The summed E-state index contributed by atoms with van der Waals surface area (Å²) in [5.74, 6) is -3.77. The summed E-state index contributed by atoms with van der Waals surface area (Å²) in [6.45, 7) is 0.0178. The highest BCUT2D eigenvalue weighted by molar-refractivity contribution is 14.1. The standard InChI is InChI=1S/C27H26F3IN2O3/c28-21-8-7-20(25(24(21)30)32-23-9-6-19(31)13-22(23)29)26(35)33-15-27(36,16-33)11-10-18(14-34)12-17-4-2-1-3-5-17/h1-9,13,18,32,34,36H,10-12,14-16H2. The Bertz CT molecular complexity index is 1240. The van der Waals surface area contributed by atoms with Gasteiger partial charge < -0.3 is 20.4 Å². The Hall–Kier alpha value is -2.63. The molecule has 1 aliphatic rings. The summed E-state index contributed by atoms with van der Waals surface area (Å²) >= 11 is 1.92. The van der Waals surface area contributed by atoms with Gasteiger partial charge in [-0.1, -0.05) is 30.3 Å². The van der Waals surface area contributed by atoms with Gasteiger partial charge in [0.05, 0.1) is 35.6 Å². The maximum absolute atomic E-state index is 14.7. The first-order chi connectivity index (χ1) is 17.2. The molecule has 1 aliphatic heterocycles. The third-order valence-electron chi connectivity index (χ3n) is 6.42. The molecule has 9 heteroatoms. The van der Waals surface area contributed by atoms with Gasteiger partial charge in [-0.25, -0.2) is 13.2 Å². The molecule has 3 aromatic rings. The molecule has 4 rings (SSSR count). The monoisotopic (exact) mass is 610 g/mol. The molecule has 0 radical (unpaired) electrons. The quantitative estimate of drug-likeness (QED) is 0.289. The molecule has 0 aliphatic carbocycles. The molecule has 1 unspecified atom stereocenters. The zero-order valence-electron chi connectivity index (χ0n) is 19.4.